The van der Waals surface area contributed by atoms with Gasteiger partial charge in [-0.15, -0.1) is 10.2 Å². The van der Waals surface area contributed by atoms with Gasteiger partial charge in [-0.1, -0.05) is 41.6 Å². The van der Waals surface area contributed by atoms with E-state index in [1.54, 1.807) is 24.3 Å². The number of carbonyl (C=O) groups is 2. The largest absolute Gasteiger partial charge is 0.467 e. The minimum atomic E-state index is -0.598. The van der Waals surface area contributed by atoms with Gasteiger partial charge in [-0.25, -0.2) is 4.79 Å². The molecule has 2 N–H and O–H groups in total. The summed E-state index contributed by atoms with van der Waals surface area (Å²) in [5.41, 5.74) is 2.76. The molecule has 2 aromatic heterocycles. The third-order valence-electron chi connectivity index (χ3n) is 4.68. The van der Waals surface area contributed by atoms with Crippen LogP contribution in [0.25, 0.3) is 17.1 Å². The fourth-order valence-corrected chi connectivity index (χ4v) is 3.97. The van der Waals surface area contributed by atoms with Crippen LogP contribution in [0.3, 0.4) is 0 Å². The fourth-order valence-electron chi connectivity index (χ4n) is 3.10. The van der Waals surface area contributed by atoms with Crippen molar-refractivity contribution in [1.29, 1.82) is 0 Å². The van der Waals surface area contributed by atoms with Gasteiger partial charge >= 0.3 is 6.03 Å². The lowest BCUT2D eigenvalue weighted by Gasteiger charge is -2.13. The van der Waals surface area contributed by atoms with Crippen molar-refractivity contribution in [3.63, 3.8) is 0 Å². The molecule has 0 aliphatic rings. The molecule has 8 nitrogen and oxygen atoms in total. The molecule has 4 aromatic rings. The number of thioether (sulfide) groups is 1. The summed E-state index contributed by atoms with van der Waals surface area (Å²) in [5.74, 6) is 0.746. The Morgan fingerprint density at radius 3 is 2.58 bits per heavy atom. The van der Waals surface area contributed by atoms with Gasteiger partial charge < -0.3 is 9.73 Å². The average Bonchev–Trinajstić information content (AvgIpc) is 3.47. The zero-order valence-corrected chi connectivity index (χ0v) is 19.2. The highest BCUT2D eigenvalue weighted by Gasteiger charge is 2.19. The summed E-state index contributed by atoms with van der Waals surface area (Å²) in [5, 5.41) is 14.7. The summed E-state index contributed by atoms with van der Waals surface area (Å²) in [6.07, 6.45) is 1.51. The van der Waals surface area contributed by atoms with Gasteiger partial charge in [0.15, 0.2) is 11.0 Å². The highest BCUT2D eigenvalue weighted by molar-refractivity contribution is 7.99. The first kappa shape index (κ1) is 22.6. The molecule has 0 fully saturated rings. The summed E-state index contributed by atoms with van der Waals surface area (Å²) in [4.78, 5) is 24.3. The summed E-state index contributed by atoms with van der Waals surface area (Å²) >= 11 is 7.22. The van der Waals surface area contributed by atoms with Crippen LogP contribution in [-0.4, -0.2) is 32.5 Å². The van der Waals surface area contributed by atoms with Crippen LogP contribution in [0, 0.1) is 6.92 Å². The Balaban J connectivity index is 1.49. The van der Waals surface area contributed by atoms with Gasteiger partial charge in [0.2, 0.25) is 5.91 Å². The number of aryl methyl sites for hydroxylation is 1. The number of aromatic nitrogens is 3. The molecule has 0 unspecified atom stereocenters. The van der Waals surface area contributed by atoms with E-state index in [9.17, 15) is 9.59 Å². The standard InChI is InChI=1S/C23H20ClN5O3S/c1-15-5-2-3-7-19(15)29-21(16-8-10-17(24)11-9-16)27-28-23(29)33-14-20(30)26-22(31)25-13-18-6-4-12-32-18/h2-12H,13-14H2,1H3,(H2,25,26,30,31). The second kappa shape index (κ2) is 10.4. The summed E-state index contributed by atoms with van der Waals surface area (Å²) in [7, 11) is 0. The molecule has 0 radical (unpaired) electrons. The predicted molar refractivity (Wildman–Crippen MR) is 126 cm³/mol. The highest BCUT2D eigenvalue weighted by atomic mass is 35.5. The number of urea groups is 1. The van der Waals surface area contributed by atoms with Gasteiger partial charge in [-0.3, -0.25) is 14.7 Å². The first-order chi connectivity index (χ1) is 16.0. The number of nitrogens with one attached hydrogen (secondary N) is 2. The second-order valence-electron chi connectivity index (χ2n) is 7.03. The van der Waals surface area contributed by atoms with E-state index in [-0.39, 0.29) is 12.3 Å². The Kier molecular flexibility index (Phi) is 7.11. The molecule has 0 aliphatic carbocycles. The van der Waals surface area contributed by atoms with Gasteiger partial charge in [0.1, 0.15) is 5.76 Å². The summed E-state index contributed by atoms with van der Waals surface area (Å²) < 4.78 is 7.04. The number of hydrogen-bond donors (Lipinski definition) is 2. The van der Waals surface area contributed by atoms with E-state index in [4.69, 9.17) is 16.0 Å². The van der Waals surface area contributed by atoms with Crippen LogP contribution in [0.1, 0.15) is 11.3 Å². The van der Waals surface area contributed by atoms with E-state index in [0.717, 1.165) is 16.8 Å². The number of hydrogen-bond acceptors (Lipinski definition) is 6. The smallest absolute Gasteiger partial charge is 0.321 e. The molecule has 0 saturated carbocycles. The monoisotopic (exact) mass is 481 g/mol. The van der Waals surface area contributed by atoms with Crippen molar-refractivity contribution in [2.75, 3.05) is 5.75 Å². The molecule has 2 aromatic carbocycles. The normalized spacial score (nSPS) is 10.7. The molecule has 0 atom stereocenters. The average molecular weight is 482 g/mol. The third kappa shape index (κ3) is 5.63. The van der Waals surface area contributed by atoms with Crippen LogP contribution in [-0.2, 0) is 11.3 Å². The molecule has 10 heteroatoms. The molecule has 0 spiro atoms. The maximum Gasteiger partial charge on any atom is 0.321 e. The van der Waals surface area contributed by atoms with Gasteiger partial charge in [-0.05, 0) is 55.0 Å². The van der Waals surface area contributed by atoms with Gasteiger partial charge in [0.05, 0.1) is 24.2 Å². The second-order valence-corrected chi connectivity index (χ2v) is 8.41. The molecule has 0 aliphatic heterocycles. The van der Waals surface area contributed by atoms with Crippen LogP contribution >= 0.6 is 23.4 Å². The van der Waals surface area contributed by atoms with E-state index in [2.05, 4.69) is 20.8 Å². The van der Waals surface area contributed by atoms with E-state index < -0.39 is 11.9 Å². The van der Waals surface area contributed by atoms with Crippen LogP contribution in [0.4, 0.5) is 4.79 Å². The first-order valence-electron chi connectivity index (χ1n) is 10.0. The van der Waals surface area contributed by atoms with Crippen molar-refractivity contribution in [3.8, 4) is 17.1 Å². The van der Waals surface area contributed by atoms with Gasteiger partial charge in [0, 0.05) is 10.6 Å². The lowest BCUT2D eigenvalue weighted by molar-refractivity contribution is -0.117. The summed E-state index contributed by atoms with van der Waals surface area (Å²) in [6.45, 7) is 2.18. The Labute approximate surface area is 199 Å². The van der Waals surface area contributed by atoms with Crippen molar-refractivity contribution in [2.45, 2.75) is 18.6 Å². The van der Waals surface area contributed by atoms with E-state index >= 15 is 0 Å². The van der Waals surface area contributed by atoms with Crippen LogP contribution in [0.5, 0.6) is 0 Å². The number of rotatable bonds is 7. The zero-order valence-electron chi connectivity index (χ0n) is 17.6. The number of para-hydroxylation sites is 1. The van der Waals surface area contributed by atoms with Crippen LogP contribution < -0.4 is 10.6 Å². The molecule has 0 saturated heterocycles. The highest BCUT2D eigenvalue weighted by Crippen LogP contribution is 2.30. The van der Waals surface area contributed by atoms with Crippen molar-refractivity contribution in [3.05, 3.63) is 83.3 Å². The Morgan fingerprint density at radius 1 is 1.06 bits per heavy atom. The number of benzene rings is 2. The summed E-state index contributed by atoms with van der Waals surface area (Å²) in [6, 6.07) is 18.0. The Bertz CT molecular complexity index is 1260. The lowest BCUT2D eigenvalue weighted by Crippen LogP contribution is -2.39. The van der Waals surface area contributed by atoms with Crippen LogP contribution in [0.15, 0.2) is 76.5 Å². The topological polar surface area (TPSA) is 102 Å². The minimum absolute atomic E-state index is 0.0151. The molecule has 0 bridgehead atoms. The molecular formula is C23H20ClN5O3S. The Morgan fingerprint density at radius 2 is 1.85 bits per heavy atom. The minimum Gasteiger partial charge on any atom is -0.467 e. The molecular weight excluding hydrogens is 462 g/mol. The Hall–Kier alpha value is -3.56. The molecule has 33 heavy (non-hydrogen) atoms. The third-order valence-corrected chi connectivity index (χ3v) is 5.86. The zero-order chi connectivity index (χ0) is 23.2. The van der Waals surface area contributed by atoms with Crippen LogP contribution in [0.2, 0.25) is 5.02 Å². The SMILES string of the molecule is Cc1ccccc1-n1c(SCC(=O)NC(=O)NCc2ccco2)nnc1-c1ccc(Cl)cc1. The number of amides is 3. The van der Waals surface area contributed by atoms with E-state index in [1.807, 2.05) is 47.9 Å². The molecule has 4 rings (SSSR count). The van der Waals surface area contributed by atoms with Crippen molar-refractivity contribution in [1.82, 2.24) is 25.4 Å². The quantitative estimate of drug-likeness (QED) is 0.374. The van der Waals surface area contributed by atoms with Crippen molar-refractivity contribution < 1.29 is 14.0 Å². The maximum atomic E-state index is 12.3. The number of halogens is 1. The van der Waals surface area contributed by atoms with E-state index in [1.165, 1.54) is 18.0 Å². The number of carbonyl (C=O) groups excluding carboxylic acids is 2. The molecule has 2 heterocycles. The molecule has 168 valence electrons. The first-order valence-corrected chi connectivity index (χ1v) is 11.4. The number of furan rings is 1. The molecule has 3 amide bonds. The number of nitrogens with zero attached hydrogens (tertiary/aromatic N) is 3. The fraction of sp³-hybridized carbons (Fsp3) is 0.130. The van der Waals surface area contributed by atoms with Crippen molar-refractivity contribution in [2.24, 2.45) is 0 Å². The lowest BCUT2D eigenvalue weighted by atomic mass is 10.1. The van der Waals surface area contributed by atoms with Gasteiger partial charge in [-0.2, -0.15) is 0 Å². The maximum absolute atomic E-state index is 12.3. The number of imide groups is 1. The van der Waals surface area contributed by atoms with Gasteiger partial charge in [0.25, 0.3) is 0 Å². The van der Waals surface area contributed by atoms with E-state index in [0.29, 0.717) is 21.8 Å². The van der Waals surface area contributed by atoms with Crippen molar-refractivity contribution >= 4 is 35.3 Å². The predicted octanol–water partition coefficient (Wildman–Crippen LogP) is 4.61.